The zero-order valence-electron chi connectivity index (χ0n) is 18.4. The summed E-state index contributed by atoms with van der Waals surface area (Å²) in [5.74, 6) is 0.899. The van der Waals surface area contributed by atoms with Crippen molar-refractivity contribution in [2.24, 2.45) is 5.10 Å². The van der Waals surface area contributed by atoms with Crippen LogP contribution in [0, 0.1) is 6.92 Å². The lowest BCUT2D eigenvalue weighted by molar-refractivity contribution is -0.122. The van der Waals surface area contributed by atoms with Gasteiger partial charge in [0.15, 0.2) is 0 Å². The molecule has 0 spiro atoms. The molecule has 1 amide bonds. The average Bonchev–Trinajstić information content (AvgIpc) is 3.25. The number of halogens is 2. The van der Waals surface area contributed by atoms with Crippen molar-refractivity contribution in [2.75, 3.05) is 12.0 Å². The first-order valence-electron chi connectivity index (χ1n) is 10.2. The monoisotopic (exact) mass is 539 g/mol. The van der Waals surface area contributed by atoms with E-state index in [9.17, 15) is 13.2 Å². The highest BCUT2D eigenvalue weighted by atomic mass is 35.5. The maximum atomic E-state index is 12.7. The zero-order valence-corrected chi connectivity index (χ0v) is 21.6. The molecule has 0 aliphatic rings. The van der Waals surface area contributed by atoms with E-state index in [-0.39, 0.29) is 4.90 Å². The highest BCUT2D eigenvalue weighted by Gasteiger charge is 2.25. The normalized spacial score (nSPS) is 12.7. The van der Waals surface area contributed by atoms with Gasteiger partial charge in [0.2, 0.25) is 10.0 Å². The Labute approximate surface area is 213 Å². The van der Waals surface area contributed by atoms with Crippen LogP contribution in [0.5, 0.6) is 0 Å². The van der Waals surface area contributed by atoms with Gasteiger partial charge in [0, 0.05) is 10.6 Å². The lowest BCUT2D eigenvalue weighted by Gasteiger charge is -2.17. The molecular formula is C23H23Cl2N3O4S2. The Morgan fingerprint density at radius 1 is 1.15 bits per heavy atom. The van der Waals surface area contributed by atoms with E-state index < -0.39 is 22.0 Å². The third-order valence-electron chi connectivity index (χ3n) is 4.75. The molecule has 0 saturated heterocycles. The molecule has 34 heavy (non-hydrogen) atoms. The van der Waals surface area contributed by atoms with Gasteiger partial charge in [0.25, 0.3) is 5.91 Å². The first-order chi connectivity index (χ1) is 16.2. The Balaban J connectivity index is 1.67. The van der Waals surface area contributed by atoms with Gasteiger partial charge in [-0.15, -0.1) is 0 Å². The molecule has 11 heteroatoms. The van der Waals surface area contributed by atoms with Gasteiger partial charge < -0.3 is 4.42 Å². The molecular weight excluding hydrogens is 517 g/mol. The Morgan fingerprint density at radius 2 is 1.88 bits per heavy atom. The molecule has 3 aromatic rings. The number of thioether (sulfide) groups is 1. The molecule has 7 nitrogen and oxygen atoms in total. The van der Waals surface area contributed by atoms with Crippen molar-refractivity contribution in [2.45, 2.75) is 24.3 Å². The largest absolute Gasteiger partial charge is 0.455 e. The van der Waals surface area contributed by atoms with E-state index in [2.05, 4.69) is 15.2 Å². The number of amides is 1. The number of rotatable bonds is 10. The fourth-order valence-corrected chi connectivity index (χ4v) is 5.15. The molecule has 0 radical (unpaired) electrons. The van der Waals surface area contributed by atoms with E-state index in [0.717, 1.165) is 5.56 Å². The van der Waals surface area contributed by atoms with Crippen LogP contribution in [0.4, 0.5) is 0 Å². The maximum Gasteiger partial charge on any atom is 0.258 e. The van der Waals surface area contributed by atoms with Crippen LogP contribution in [0.25, 0.3) is 11.3 Å². The SMILES string of the molecule is CSCC[C@H](NS(=O)(=O)c1ccc(C)cc1)C(=O)N/N=C/c1ccc(-c2ccc(Cl)cc2Cl)o1. The van der Waals surface area contributed by atoms with Crippen LogP contribution in [-0.4, -0.2) is 38.6 Å². The molecule has 2 N–H and O–H groups in total. The van der Waals surface area contributed by atoms with Crippen LogP contribution in [0.15, 0.2) is 69.0 Å². The molecule has 3 rings (SSSR count). The summed E-state index contributed by atoms with van der Waals surface area (Å²) in [5.41, 5.74) is 3.98. The number of benzene rings is 2. The van der Waals surface area contributed by atoms with Crippen molar-refractivity contribution in [3.63, 3.8) is 0 Å². The number of nitrogens with one attached hydrogen (secondary N) is 2. The number of aryl methyl sites for hydroxylation is 1. The van der Waals surface area contributed by atoms with Crippen molar-refractivity contribution in [3.05, 3.63) is 76.0 Å². The quantitative estimate of drug-likeness (QED) is 0.275. The fourth-order valence-electron chi connectivity index (χ4n) is 2.95. The van der Waals surface area contributed by atoms with E-state index >= 15 is 0 Å². The Kier molecular flexibility index (Phi) is 9.21. The van der Waals surface area contributed by atoms with Gasteiger partial charge in [-0.05, 0) is 67.8 Å². The third-order valence-corrected chi connectivity index (χ3v) is 7.43. The zero-order chi connectivity index (χ0) is 24.7. The Morgan fingerprint density at radius 3 is 2.56 bits per heavy atom. The van der Waals surface area contributed by atoms with E-state index in [0.29, 0.717) is 39.3 Å². The maximum absolute atomic E-state index is 12.7. The fraction of sp³-hybridized carbons (Fsp3) is 0.217. The van der Waals surface area contributed by atoms with Gasteiger partial charge in [0.05, 0.1) is 16.1 Å². The highest BCUT2D eigenvalue weighted by Crippen LogP contribution is 2.31. The minimum atomic E-state index is -3.88. The first-order valence-corrected chi connectivity index (χ1v) is 13.8. The van der Waals surface area contributed by atoms with Gasteiger partial charge in [-0.25, -0.2) is 13.8 Å². The molecule has 1 aromatic heterocycles. The second-order valence-electron chi connectivity index (χ2n) is 7.33. The standard InChI is InChI=1S/C23H23Cl2N3O4S2/c1-15-3-7-18(8-4-15)34(30,31)28-21(11-12-33-2)23(29)27-26-14-17-6-10-22(32-17)19-9-5-16(24)13-20(19)25/h3-10,13-14,21,28H,11-12H2,1-2H3,(H,27,29)/b26-14+/t21-/m0/s1. The van der Waals surface area contributed by atoms with Crippen LogP contribution in [-0.2, 0) is 14.8 Å². The van der Waals surface area contributed by atoms with Gasteiger partial charge in [0.1, 0.15) is 17.6 Å². The summed E-state index contributed by atoms with van der Waals surface area (Å²) in [5, 5.41) is 4.87. The molecule has 0 saturated carbocycles. The summed E-state index contributed by atoms with van der Waals surface area (Å²) < 4.78 is 33.6. The Hall–Kier alpha value is -2.30. The summed E-state index contributed by atoms with van der Waals surface area (Å²) in [7, 11) is -3.88. The van der Waals surface area contributed by atoms with Crippen molar-refractivity contribution in [1.29, 1.82) is 0 Å². The predicted molar refractivity (Wildman–Crippen MR) is 138 cm³/mol. The van der Waals surface area contributed by atoms with Crippen molar-refractivity contribution >= 4 is 57.1 Å². The number of furan rings is 1. The van der Waals surface area contributed by atoms with Gasteiger partial charge in [-0.3, -0.25) is 4.79 Å². The minimum Gasteiger partial charge on any atom is -0.455 e. The molecule has 0 fully saturated rings. The summed E-state index contributed by atoms with van der Waals surface area (Å²) in [6.45, 7) is 1.86. The van der Waals surface area contributed by atoms with Gasteiger partial charge in [-0.2, -0.15) is 21.6 Å². The van der Waals surface area contributed by atoms with Crippen molar-refractivity contribution in [1.82, 2.24) is 10.1 Å². The topological polar surface area (TPSA) is 101 Å². The molecule has 0 aliphatic heterocycles. The average molecular weight is 540 g/mol. The molecule has 180 valence electrons. The number of sulfonamides is 1. The predicted octanol–water partition coefficient (Wildman–Crippen LogP) is 5.11. The number of carbonyl (C=O) groups excluding carboxylic acids is 1. The number of hydrogen-bond acceptors (Lipinski definition) is 6. The summed E-state index contributed by atoms with van der Waals surface area (Å²) in [6, 6.07) is 13.8. The van der Waals surface area contributed by atoms with E-state index in [4.69, 9.17) is 27.6 Å². The Bertz CT molecular complexity index is 1280. The van der Waals surface area contributed by atoms with Crippen LogP contribution < -0.4 is 10.1 Å². The van der Waals surface area contributed by atoms with Gasteiger partial charge >= 0.3 is 0 Å². The second-order valence-corrected chi connectivity index (χ2v) is 10.9. The molecule has 0 unspecified atom stereocenters. The summed E-state index contributed by atoms with van der Waals surface area (Å²) in [6.07, 6.45) is 3.50. The molecule has 0 aliphatic carbocycles. The van der Waals surface area contributed by atoms with E-state index in [1.165, 1.54) is 30.1 Å². The van der Waals surface area contributed by atoms with Crippen LogP contribution in [0.3, 0.4) is 0 Å². The van der Waals surface area contributed by atoms with Crippen molar-refractivity contribution in [3.8, 4) is 11.3 Å². The number of hydrogen-bond donors (Lipinski definition) is 2. The molecule has 2 aromatic carbocycles. The highest BCUT2D eigenvalue weighted by molar-refractivity contribution is 7.98. The van der Waals surface area contributed by atoms with Crippen LogP contribution >= 0.6 is 35.0 Å². The smallest absolute Gasteiger partial charge is 0.258 e. The van der Waals surface area contributed by atoms with E-state index in [1.807, 2.05) is 13.2 Å². The minimum absolute atomic E-state index is 0.0903. The second kappa shape index (κ2) is 11.9. The lowest BCUT2D eigenvalue weighted by atomic mass is 10.2. The third kappa shape index (κ3) is 7.10. The summed E-state index contributed by atoms with van der Waals surface area (Å²) in [4.78, 5) is 12.8. The lowest BCUT2D eigenvalue weighted by Crippen LogP contribution is -2.45. The first kappa shape index (κ1) is 26.3. The van der Waals surface area contributed by atoms with Crippen LogP contribution in [0.2, 0.25) is 10.0 Å². The number of nitrogens with zero attached hydrogens (tertiary/aromatic N) is 1. The van der Waals surface area contributed by atoms with E-state index in [1.54, 1.807) is 42.5 Å². The summed E-state index contributed by atoms with van der Waals surface area (Å²) >= 11 is 13.6. The molecule has 0 bridgehead atoms. The molecule has 1 heterocycles. The molecule has 1 atom stereocenters. The number of hydrazone groups is 1. The number of carbonyl (C=O) groups is 1. The van der Waals surface area contributed by atoms with Crippen LogP contribution in [0.1, 0.15) is 17.7 Å². The van der Waals surface area contributed by atoms with Gasteiger partial charge in [-0.1, -0.05) is 40.9 Å². The van der Waals surface area contributed by atoms with Crippen molar-refractivity contribution < 1.29 is 17.6 Å².